The largest absolute Gasteiger partial charge is 0.363 e. The molecule has 0 aromatic carbocycles. The van der Waals surface area contributed by atoms with Gasteiger partial charge in [-0.15, -0.1) is 0 Å². The maximum atomic E-state index is 6.02. The lowest BCUT2D eigenvalue weighted by Crippen LogP contribution is -2.52. The van der Waals surface area contributed by atoms with Crippen LogP contribution in [0.25, 0.3) is 0 Å². The molecule has 2 aliphatic heterocycles. The molecule has 2 heterocycles. The predicted octanol–water partition coefficient (Wildman–Crippen LogP) is 2.49. The van der Waals surface area contributed by atoms with Crippen LogP contribution in [0.15, 0.2) is 0 Å². The minimum absolute atomic E-state index is 0.354. The van der Waals surface area contributed by atoms with Crippen molar-refractivity contribution in [3.8, 4) is 0 Å². The van der Waals surface area contributed by atoms with Gasteiger partial charge in [0.2, 0.25) is 0 Å². The summed E-state index contributed by atoms with van der Waals surface area (Å²) >= 11 is 0. The first-order valence-electron chi connectivity index (χ1n) is 5.98. The number of hydrogen-bond acceptors (Lipinski definition) is 2. The minimum Gasteiger partial charge on any atom is -0.363 e. The average molecular weight is 197 g/mol. The van der Waals surface area contributed by atoms with Crippen molar-refractivity contribution in [2.24, 2.45) is 11.8 Å². The molecule has 2 saturated heterocycles. The van der Waals surface area contributed by atoms with Crippen molar-refractivity contribution >= 4 is 0 Å². The number of hydrogen-bond donors (Lipinski definition) is 0. The summed E-state index contributed by atoms with van der Waals surface area (Å²) in [6.07, 6.45) is 3.08. The van der Waals surface area contributed by atoms with Crippen LogP contribution < -0.4 is 0 Å². The molecule has 0 aromatic rings. The highest BCUT2D eigenvalue weighted by Gasteiger charge is 2.43. The molecule has 1 aliphatic carbocycles. The molecule has 14 heavy (non-hydrogen) atoms. The van der Waals surface area contributed by atoms with E-state index in [9.17, 15) is 0 Å². The molecule has 2 nitrogen and oxygen atoms in total. The second kappa shape index (κ2) is 3.82. The van der Waals surface area contributed by atoms with Crippen molar-refractivity contribution in [3.05, 3.63) is 0 Å². The molecule has 2 bridgehead atoms. The van der Waals surface area contributed by atoms with E-state index in [4.69, 9.17) is 4.74 Å². The monoisotopic (exact) mass is 197 g/mol. The Morgan fingerprint density at radius 2 is 1.79 bits per heavy atom. The Hall–Kier alpha value is -0.0800. The first-order valence-corrected chi connectivity index (χ1v) is 5.98. The molecule has 0 radical (unpaired) electrons. The fraction of sp³-hybridized carbons (Fsp3) is 1.00. The van der Waals surface area contributed by atoms with Gasteiger partial charge in [0.15, 0.2) is 0 Å². The van der Waals surface area contributed by atoms with Crippen molar-refractivity contribution in [2.75, 3.05) is 6.61 Å². The lowest BCUT2D eigenvalue weighted by molar-refractivity contribution is -0.0919. The molecule has 2 heteroatoms. The summed E-state index contributed by atoms with van der Waals surface area (Å²) in [6, 6.07) is 1.42. The SMILES string of the molecule is CC(C)[C@H]1OCC2CC(C2)N1C(C)C. The molecule has 1 saturated carbocycles. The van der Waals surface area contributed by atoms with E-state index in [1.807, 2.05) is 0 Å². The predicted molar refractivity (Wildman–Crippen MR) is 58.1 cm³/mol. The highest BCUT2D eigenvalue weighted by atomic mass is 16.5. The van der Waals surface area contributed by atoms with Crippen molar-refractivity contribution < 1.29 is 4.74 Å². The van der Waals surface area contributed by atoms with Gasteiger partial charge in [-0.1, -0.05) is 13.8 Å². The van der Waals surface area contributed by atoms with Crippen LogP contribution in [0.1, 0.15) is 40.5 Å². The first-order chi connectivity index (χ1) is 6.59. The van der Waals surface area contributed by atoms with Crippen LogP contribution in [0.3, 0.4) is 0 Å². The van der Waals surface area contributed by atoms with Gasteiger partial charge in [-0.2, -0.15) is 0 Å². The van der Waals surface area contributed by atoms with E-state index < -0.39 is 0 Å². The van der Waals surface area contributed by atoms with E-state index in [1.54, 1.807) is 0 Å². The third-order valence-electron chi connectivity index (χ3n) is 3.60. The second-order valence-electron chi connectivity index (χ2n) is 5.50. The smallest absolute Gasteiger partial charge is 0.113 e. The van der Waals surface area contributed by atoms with E-state index in [1.165, 1.54) is 12.8 Å². The molecule has 3 aliphatic rings. The highest BCUT2D eigenvalue weighted by molar-refractivity contribution is 4.93. The fourth-order valence-electron chi connectivity index (χ4n) is 2.86. The maximum Gasteiger partial charge on any atom is 0.113 e. The zero-order chi connectivity index (χ0) is 10.3. The number of rotatable bonds is 2. The van der Waals surface area contributed by atoms with Crippen LogP contribution in [0.5, 0.6) is 0 Å². The summed E-state index contributed by atoms with van der Waals surface area (Å²) in [6.45, 7) is 10.1. The third-order valence-corrected chi connectivity index (χ3v) is 3.60. The molecule has 0 amide bonds. The Balaban J connectivity index is 2.12. The van der Waals surface area contributed by atoms with Gasteiger partial charge in [0.25, 0.3) is 0 Å². The molecule has 3 fully saturated rings. The zero-order valence-electron chi connectivity index (χ0n) is 9.86. The molecule has 0 unspecified atom stereocenters. The summed E-state index contributed by atoms with van der Waals surface area (Å²) in [5.74, 6) is 1.46. The Morgan fingerprint density at radius 1 is 1.14 bits per heavy atom. The summed E-state index contributed by atoms with van der Waals surface area (Å²) in [5.41, 5.74) is 0. The van der Waals surface area contributed by atoms with Gasteiger partial charge < -0.3 is 4.74 Å². The molecule has 1 atom stereocenters. The van der Waals surface area contributed by atoms with E-state index in [2.05, 4.69) is 32.6 Å². The first kappa shape index (κ1) is 10.4. The Morgan fingerprint density at radius 3 is 2.29 bits per heavy atom. The normalized spacial score (nSPS) is 38.6. The lowest BCUT2D eigenvalue weighted by Gasteiger charge is -2.44. The molecule has 0 spiro atoms. The van der Waals surface area contributed by atoms with Crippen LogP contribution in [0.2, 0.25) is 0 Å². The molecular weight excluding hydrogens is 174 g/mol. The molecule has 0 aromatic heterocycles. The van der Waals surface area contributed by atoms with Crippen LogP contribution in [-0.4, -0.2) is 29.8 Å². The molecule has 3 rings (SSSR count). The van der Waals surface area contributed by atoms with Crippen LogP contribution in [-0.2, 0) is 4.74 Å². The van der Waals surface area contributed by atoms with E-state index in [-0.39, 0.29) is 0 Å². The Bertz CT molecular complexity index is 194. The number of ether oxygens (including phenoxy) is 1. The quantitative estimate of drug-likeness (QED) is 0.674. The topological polar surface area (TPSA) is 12.5 Å². The van der Waals surface area contributed by atoms with Crippen molar-refractivity contribution in [1.82, 2.24) is 4.90 Å². The Kier molecular flexibility index (Phi) is 2.85. The molecule has 0 N–H and O–H groups in total. The van der Waals surface area contributed by atoms with E-state index in [0.29, 0.717) is 18.2 Å². The summed E-state index contributed by atoms with van der Waals surface area (Å²) in [7, 11) is 0. The summed E-state index contributed by atoms with van der Waals surface area (Å²) in [5, 5.41) is 0. The van der Waals surface area contributed by atoms with Crippen LogP contribution >= 0.6 is 0 Å². The van der Waals surface area contributed by atoms with E-state index >= 15 is 0 Å². The van der Waals surface area contributed by atoms with Gasteiger partial charge in [-0.3, -0.25) is 4.90 Å². The van der Waals surface area contributed by atoms with Crippen molar-refractivity contribution in [1.29, 1.82) is 0 Å². The Labute approximate surface area is 87.6 Å². The standard InChI is InChI=1S/C12H23NO/c1-8(2)12-13(9(3)4)11-5-10(6-11)7-14-12/h8-12H,5-7H2,1-4H3/t10?,11?,12-/m1/s1. The van der Waals surface area contributed by atoms with Crippen molar-refractivity contribution in [3.63, 3.8) is 0 Å². The van der Waals surface area contributed by atoms with Gasteiger partial charge in [0, 0.05) is 12.1 Å². The maximum absolute atomic E-state index is 6.02. The van der Waals surface area contributed by atoms with E-state index in [0.717, 1.165) is 18.6 Å². The van der Waals surface area contributed by atoms with Gasteiger partial charge >= 0.3 is 0 Å². The summed E-state index contributed by atoms with van der Waals surface area (Å²) < 4.78 is 6.02. The molecular formula is C12H23NO. The average Bonchev–Trinajstić information content (AvgIpc) is 2.28. The van der Waals surface area contributed by atoms with Gasteiger partial charge in [0.05, 0.1) is 6.61 Å². The van der Waals surface area contributed by atoms with Crippen LogP contribution in [0, 0.1) is 11.8 Å². The van der Waals surface area contributed by atoms with Crippen molar-refractivity contribution in [2.45, 2.75) is 58.8 Å². The minimum atomic E-state index is 0.354. The lowest BCUT2D eigenvalue weighted by atomic mass is 9.80. The van der Waals surface area contributed by atoms with Crippen LogP contribution in [0.4, 0.5) is 0 Å². The number of fused-ring (bicyclic) bond motifs is 3. The third kappa shape index (κ3) is 1.70. The van der Waals surface area contributed by atoms with Gasteiger partial charge in [0.1, 0.15) is 6.23 Å². The highest BCUT2D eigenvalue weighted by Crippen LogP contribution is 2.39. The molecule has 82 valence electrons. The second-order valence-corrected chi connectivity index (χ2v) is 5.50. The summed E-state index contributed by atoms with van der Waals surface area (Å²) in [4.78, 5) is 2.59. The van der Waals surface area contributed by atoms with Gasteiger partial charge in [-0.05, 0) is 38.5 Å². The number of nitrogens with zero attached hydrogens (tertiary/aromatic N) is 1. The zero-order valence-corrected chi connectivity index (χ0v) is 9.86. The van der Waals surface area contributed by atoms with Gasteiger partial charge in [-0.25, -0.2) is 0 Å². The fourth-order valence-corrected chi connectivity index (χ4v) is 2.86.